The number of pyridine rings is 1. The summed E-state index contributed by atoms with van der Waals surface area (Å²) >= 11 is 0. The number of hydrogen-bond donors (Lipinski definition) is 2. The fraction of sp³-hybridized carbons (Fsp3) is 0.444. The van der Waals surface area contributed by atoms with Gasteiger partial charge in [-0.25, -0.2) is 9.49 Å². The van der Waals surface area contributed by atoms with E-state index in [2.05, 4.69) is 22.1 Å². The number of primary amides is 1. The van der Waals surface area contributed by atoms with Crippen LogP contribution < -0.4 is 11.3 Å². The summed E-state index contributed by atoms with van der Waals surface area (Å²) < 4.78 is 13.1. The second kappa shape index (κ2) is 7.74. The molecule has 1 saturated heterocycles. The van der Waals surface area contributed by atoms with Crippen molar-refractivity contribution in [2.24, 2.45) is 11.7 Å². The molecule has 7 nitrogen and oxygen atoms in total. The Balaban J connectivity index is 1.79. The SMILES string of the molecule is C[C@@H]1C[C@@H](c2ccc(=O)[nH]n2)CN(C(Cc2ccc(F)cn2)C(N)=O)C1. The van der Waals surface area contributed by atoms with Crippen LogP contribution >= 0.6 is 0 Å². The normalized spacial score (nSPS) is 22.1. The quantitative estimate of drug-likeness (QED) is 0.823. The molecular formula is C18H22FN5O2. The van der Waals surface area contributed by atoms with Crippen molar-refractivity contribution in [1.29, 1.82) is 0 Å². The molecule has 1 fully saturated rings. The molecule has 0 spiro atoms. The van der Waals surface area contributed by atoms with Crippen molar-refractivity contribution in [3.63, 3.8) is 0 Å². The monoisotopic (exact) mass is 359 g/mol. The summed E-state index contributed by atoms with van der Waals surface area (Å²) in [7, 11) is 0. The number of aromatic nitrogens is 3. The number of carbonyl (C=O) groups is 1. The Morgan fingerprint density at radius 1 is 1.38 bits per heavy atom. The number of H-pyrrole nitrogens is 1. The number of halogens is 1. The number of carbonyl (C=O) groups excluding carboxylic acids is 1. The lowest BCUT2D eigenvalue weighted by Crippen LogP contribution is -2.51. The molecule has 3 heterocycles. The lowest BCUT2D eigenvalue weighted by Gasteiger charge is -2.39. The van der Waals surface area contributed by atoms with Gasteiger partial charge in [0.2, 0.25) is 5.91 Å². The molecule has 3 rings (SSSR count). The molecule has 1 unspecified atom stereocenters. The highest BCUT2D eigenvalue weighted by Crippen LogP contribution is 2.30. The van der Waals surface area contributed by atoms with E-state index in [-0.39, 0.29) is 11.5 Å². The van der Waals surface area contributed by atoms with Crippen molar-refractivity contribution >= 4 is 5.91 Å². The lowest BCUT2D eigenvalue weighted by atomic mass is 9.86. The Morgan fingerprint density at radius 2 is 2.19 bits per heavy atom. The van der Waals surface area contributed by atoms with Gasteiger partial charge in [0.1, 0.15) is 5.82 Å². The van der Waals surface area contributed by atoms with Gasteiger partial charge in [0, 0.05) is 37.2 Å². The number of nitrogens with two attached hydrogens (primary N) is 1. The zero-order valence-corrected chi connectivity index (χ0v) is 14.6. The number of nitrogens with zero attached hydrogens (tertiary/aromatic N) is 3. The molecular weight excluding hydrogens is 337 g/mol. The Kier molecular flexibility index (Phi) is 5.41. The Morgan fingerprint density at radius 3 is 2.81 bits per heavy atom. The minimum absolute atomic E-state index is 0.0960. The standard InChI is InChI=1S/C18H22FN5O2/c1-11-6-12(15-4-5-17(25)23-22-15)10-24(9-11)16(18(20)26)7-14-3-2-13(19)8-21-14/h2-5,8,11-12,16H,6-7,9-10H2,1H3,(H2,20,26)(H,23,25)/t11-,12-,16?/m1/s1. The molecule has 0 aliphatic carbocycles. The molecule has 26 heavy (non-hydrogen) atoms. The van der Waals surface area contributed by atoms with E-state index < -0.39 is 17.8 Å². The maximum atomic E-state index is 13.1. The van der Waals surface area contributed by atoms with Crippen LogP contribution in [-0.2, 0) is 11.2 Å². The van der Waals surface area contributed by atoms with Crippen molar-refractivity contribution in [2.75, 3.05) is 13.1 Å². The maximum Gasteiger partial charge on any atom is 0.264 e. The maximum absolute atomic E-state index is 13.1. The van der Waals surface area contributed by atoms with Gasteiger partial charge in [0.25, 0.3) is 5.56 Å². The molecule has 0 radical (unpaired) electrons. The average Bonchev–Trinajstić information content (AvgIpc) is 2.61. The van der Waals surface area contributed by atoms with Crippen LogP contribution in [0.4, 0.5) is 4.39 Å². The average molecular weight is 359 g/mol. The van der Waals surface area contributed by atoms with Crippen LogP contribution in [0.15, 0.2) is 35.3 Å². The van der Waals surface area contributed by atoms with Gasteiger partial charge in [-0.2, -0.15) is 5.10 Å². The third-order valence-corrected chi connectivity index (χ3v) is 4.77. The smallest absolute Gasteiger partial charge is 0.264 e. The fourth-order valence-electron chi connectivity index (χ4n) is 3.58. The highest BCUT2D eigenvalue weighted by atomic mass is 19.1. The van der Waals surface area contributed by atoms with E-state index in [9.17, 15) is 14.0 Å². The Bertz CT molecular complexity index is 803. The fourth-order valence-corrected chi connectivity index (χ4v) is 3.58. The van der Waals surface area contributed by atoms with Gasteiger partial charge in [-0.05, 0) is 30.5 Å². The molecule has 1 aliphatic rings. The van der Waals surface area contributed by atoms with E-state index in [1.807, 2.05) is 4.90 Å². The molecule has 8 heteroatoms. The lowest BCUT2D eigenvalue weighted by molar-refractivity contribution is -0.124. The van der Waals surface area contributed by atoms with E-state index in [0.29, 0.717) is 24.6 Å². The van der Waals surface area contributed by atoms with Crippen LogP contribution in [0.1, 0.15) is 30.7 Å². The Hall–Kier alpha value is -2.61. The number of nitrogens with one attached hydrogen (secondary N) is 1. The highest BCUT2D eigenvalue weighted by molar-refractivity contribution is 5.80. The van der Waals surface area contributed by atoms with E-state index in [4.69, 9.17) is 5.73 Å². The predicted molar refractivity (Wildman–Crippen MR) is 93.8 cm³/mol. The number of amides is 1. The summed E-state index contributed by atoms with van der Waals surface area (Å²) in [6.07, 6.45) is 2.38. The number of piperidine rings is 1. The van der Waals surface area contributed by atoms with E-state index in [0.717, 1.165) is 24.9 Å². The summed E-state index contributed by atoms with van der Waals surface area (Å²) in [6.45, 7) is 3.45. The summed E-state index contributed by atoms with van der Waals surface area (Å²) in [6, 6.07) is 5.55. The first-order valence-electron chi connectivity index (χ1n) is 8.62. The second-order valence-electron chi connectivity index (χ2n) is 6.93. The third-order valence-electron chi connectivity index (χ3n) is 4.77. The van der Waals surface area contributed by atoms with Gasteiger partial charge in [-0.1, -0.05) is 6.92 Å². The van der Waals surface area contributed by atoms with E-state index >= 15 is 0 Å². The summed E-state index contributed by atoms with van der Waals surface area (Å²) in [4.78, 5) is 29.4. The molecule has 138 valence electrons. The van der Waals surface area contributed by atoms with E-state index in [1.165, 1.54) is 12.1 Å². The first-order valence-corrected chi connectivity index (χ1v) is 8.62. The zero-order valence-electron chi connectivity index (χ0n) is 14.6. The van der Waals surface area contributed by atoms with Crippen molar-refractivity contribution in [3.05, 3.63) is 58.0 Å². The highest BCUT2D eigenvalue weighted by Gasteiger charge is 2.33. The van der Waals surface area contributed by atoms with Crippen molar-refractivity contribution in [2.45, 2.75) is 31.7 Å². The minimum Gasteiger partial charge on any atom is -0.368 e. The van der Waals surface area contributed by atoms with Gasteiger partial charge >= 0.3 is 0 Å². The summed E-state index contributed by atoms with van der Waals surface area (Å²) in [5.41, 5.74) is 6.82. The number of rotatable bonds is 5. The van der Waals surface area contributed by atoms with Crippen molar-refractivity contribution in [1.82, 2.24) is 20.1 Å². The Labute approximate surface area is 150 Å². The molecule has 2 aromatic rings. The molecule has 0 bridgehead atoms. The number of aromatic amines is 1. The molecule has 3 atom stereocenters. The van der Waals surface area contributed by atoms with Gasteiger partial charge in [-0.15, -0.1) is 0 Å². The van der Waals surface area contributed by atoms with Crippen LogP contribution in [0, 0.1) is 11.7 Å². The van der Waals surface area contributed by atoms with Crippen LogP contribution in [0.3, 0.4) is 0 Å². The van der Waals surface area contributed by atoms with E-state index in [1.54, 1.807) is 12.1 Å². The summed E-state index contributed by atoms with van der Waals surface area (Å²) in [5, 5.41) is 6.60. The van der Waals surface area contributed by atoms with Crippen molar-refractivity contribution in [3.8, 4) is 0 Å². The largest absolute Gasteiger partial charge is 0.368 e. The zero-order chi connectivity index (χ0) is 18.7. The van der Waals surface area contributed by atoms with Gasteiger partial charge in [0.05, 0.1) is 17.9 Å². The van der Waals surface area contributed by atoms with Crippen molar-refractivity contribution < 1.29 is 9.18 Å². The molecule has 2 aromatic heterocycles. The van der Waals surface area contributed by atoms with Gasteiger partial charge < -0.3 is 5.73 Å². The van der Waals surface area contributed by atoms with Gasteiger partial charge in [-0.3, -0.25) is 19.5 Å². The minimum atomic E-state index is -0.527. The van der Waals surface area contributed by atoms with Crippen LogP contribution in [0.5, 0.6) is 0 Å². The molecule has 1 amide bonds. The summed E-state index contributed by atoms with van der Waals surface area (Å²) in [5.74, 6) is -0.414. The number of hydrogen-bond acceptors (Lipinski definition) is 5. The van der Waals surface area contributed by atoms with Crippen LogP contribution in [-0.4, -0.2) is 45.1 Å². The molecule has 1 aliphatic heterocycles. The van der Waals surface area contributed by atoms with Crippen LogP contribution in [0.25, 0.3) is 0 Å². The molecule has 0 aromatic carbocycles. The topological polar surface area (TPSA) is 105 Å². The first-order chi connectivity index (χ1) is 12.4. The van der Waals surface area contributed by atoms with Gasteiger partial charge in [0.15, 0.2) is 0 Å². The second-order valence-corrected chi connectivity index (χ2v) is 6.93. The first kappa shape index (κ1) is 18.2. The number of likely N-dealkylation sites (tertiary alicyclic amines) is 1. The molecule has 3 N–H and O–H groups in total. The third kappa shape index (κ3) is 4.32. The molecule has 0 saturated carbocycles. The van der Waals surface area contributed by atoms with Crippen LogP contribution in [0.2, 0.25) is 0 Å². The predicted octanol–water partition coefficient (Wildman–Crippen LogP) is 0.826.